The van der Waals surface area contributed by atoms with Crippen molar-refractivity contribution in [2.45, 2.75) is 18.3 Å². The summed E-state index contributed by atoms with van der Waals surface area (Å²) in [5, 5.41) is -1.59. The van der Waals surface area contributed by atoms with E-state index in [4.69, 9.17) is 11.5 Å². The molecule has 0 radical (unpaired) electrons. The number of alkyl halides is 3. The molecule has 1 aromatic carbocycles. The maximum atomic E-state index is 12.3. The van der Waals surface area contributed by atoms with Crippen molar-refractivity contribution in [1.82, 2.24) is 0 Å². The minimum atomic E-state index is -4.29. The third-order valence-electron chi connectivity index (χ3n) is 2.11. The zero-order valence-electron chi connectivity index (χ0n) is 9.16. The summed E-state index contributed by atoms with van der Waals surface area (Å²) in [5.74, 6) is 0. The Morgan fingerprint density at radius 3 is 2.18 bits per heavy atom. The molecule has 6 heteroatoms. The van der Waals surface area contributed by atoms with E-state index >= 15 is 0 Å². The van der Waals surface area contributed by atoms with Gasteiger partial charge in [0, 0.05) is 5.56 Å². The molecule has 1 rings (SSSR count). The van der Waals surface area contributed by atoms with Gasteiger partial charge in [-0.15, -0.1) is 0 Å². The molecule has 0 aliphatic rings. The molecule has 4 N–H and O–H groups in total. The average molecular weight is 262 g/mol. The Labute approximate surface area is 102 Å². The van der Waals surface area contributed by atoms with E-state index in [-0.39, 0.29) is 10.7 Å². The van der Waals surface area contributed by atoms with Crippen LogP contribution in [0, 0.1) is 0 Å². The second-order valence-electron chi connectivity index (χ2n) is 3.45. The summed E-state index contributed by atoms with van der Waals surface area (Å²) in [6, 6.07) is 8.67. The lowest BCUT2D eigenvalue weighted by Crippen LogP contribution is -2.24. The van der Waals surface area contributed by atoms with Crippen LogP contribution in [0.15, 0.2) is 35.4 Å². The van der Waals surface area contributed by atoms with Gasteiger partial charge in [-0.2, -0.15) is 13.2 Å². The molecule has 0 aliphatic carbocycles. The molecule has 0 amide bonds. The van der Waals surface area contributed by atoms with Crippen molar-refractivity contribution in [3.05, 3.63) is 40.9 Å². The highest BCUT2D eigenvalue weighted by molar-refractivity contribution is 8.03. The molecule has 0 fully saturated rings. The number of thioether (sulfide) groups is 1. The number of nitrogens with two attached hydrogens (primary N) is 2. The molecule has 1 atom stereocenters. The highest BCUT2D eigenvalue weighted by Gasteiger charge is 2.37. The monoisotopic (exact) mass is 262 g/mol. The molecule has 0 aromatic heterocycles. The number of benzene rings is 1. The topological polar surface area (TPSA) is 52.0 Å². The standard InChI is InChI=1S/C11H13F3N2S/c1-7(11(12,13)14)17-10(16)9(15)8-5-3-2-4-6-8/h2-7H,15-16H2,1H3/b10-9-. The first-order valence-electron chi connectivity index (χ1n) is 4.86. The Balaban J connectivity index is 2.85. The van der Waals surface area contributed by atoms with E-state index in [0.29, 0.717) is 17.3 Å². The Kier molecular flexibility index (Phi) is 4.34. The van der Waals surface area contributed by atoms with Gasteiger partial charge < -0.3 is 11.5 Å². The van der Waals surface area contributed by atoms with Gasteiger partial charge in [-0.25, -0.2) is 0 Å². The molecule has 94 valence electrons. The summed E-state index contributed by atoms with van der Waals surface area (Å²) in [4.78, 5) is 0. The van der Waals surface area contributed by atoms with E-state index in [2.05, 4.69) is 0 Å². The normalized spacial score (nSPS) is 15.3. The Bertz CT molecular complexity index is 401. The van der Waals surface area contributed by atoms with Gasteiger partial charge in [-0.3, -0.25) is 0 Å². The lowest BCUT2D eigenvalue weighted by Gasteiger charge is -2.16. The fourth-order valence-electron chi connectivity index (χ4n) is 1.08. The van der Waals surface area contributed by atoms with E-state index in [1.54, 1.807) is 30.3 Å². The van der Waals surface area contributed by atoms with E-state index in [9.17, 15) is 13.2 Å². The molecule has 1 aromatic rings. The molecule has 0 spiro atoms. The molecular weight excluding hydrogens is 249 g/mol. The summed E-state index contributed by atoms with van der Waals surface area (Å²) >= 11 is 0.517. The average Bonchev–Trinajstić information content (AvgIpc) is 2.27. The minimum Gasteiger partial charge on any atom is -0.396 e. The van der Waals surface area contributed by atoms with Gasteiger partial charge in [0.1, 0.15) is 5.25 Å². The molecule has 0 heterocycles. The predicted molar refractivity (Wildman–Crippen MR) is 64.8 cm³/mol. The number of hydrogen-bond donors (Lipinski definition) is 2. The Morgan fingerprint density at radius 2 is 1.71 bits per heavy atom. The van der Waals surface area contributed by atoms with Crippen LogP contribution in [0.3, 0.4) is 0 Å². The summed E-state index contributed by atoms with van der Waals surface area (Å²) in [6.45, 7) is 1.05. The fraction of sp³-hybridized carbons (Fsp3) is 0.273. The SMILES string of the molecule is CC(S/C(N)=C(\N)c1ccccc1)C(F)(F)F. The van der Waals surface area contributed by atoms with Crippen LogP contribution in [0.4, 0.5) is 13.2 Å². The highest BCUT2D eigenvalue weighted by Crippen LogP contribution is 2.34. The van der Waals surface area contributed by atoms with Crippen molar-refractivity contribution in [3.8, 4) is 0 Å². The van der Waals surface area contributed by atoms with Crippen molar-refractivity contribution in [2.24, 2.45) is 11.5 Å². The summed E-state index contributed by atoms with van der Waals surface area (Å²) < 4.78 is 37.0. The molecule has 17 heavy (non-hydrogen) atoms. The molecular formula is C11H13F3N2S. The van der Waals surface area contributed by atoms with Crippen molar-refractivity contribution < 1.29 is 13.2 Å². The van der Waals surface area contributed by atoms with Crippen molar-refractivity contribution in [3.63, 3.8) is 0 Å². The van der Waals surface area contributed by atoms with Gasteiger partial charge >= 0.3 is 6.18 Å². The minimum absolute atomic E-state index is 0.0129. The van der Waals surface area contributed by atoms with Gasteiger partial charge in [-0.05, 0) is 6.92 Å². The number of halogens is 3. The first-order valence-corrected chi connectivity index (χ1v) is 5.74. The zero-order valence-corrected chi connectivity index (χ0v) is 9.98. The zero-order chi connectivity index (χ0) is 13.1. The van der Waals surface area contributed by atoms with Gasteiger partial charge in [0.2, 0.25) is 0 Å². The maximum Gasteiger partial charge on any atom is 0.400 e. The van der Waals surface area contributed by atoms with E-state index < -0.39 is 11.4 Å². The van der Waals surface area contributed by atoms with Crippen molar-refractivity contribution >= 4 is 17.5 Å². The van der Waals surface area contributed by atoms with Crippen LogP contribution < -0.4 is 11.5 Å². The Morgan fingerprint density at radius 1 is 1.18 bits per heavy atom. The lowest BCUT2D eigenvalue weighted by atomic mass is 10.2. The molecule has 1 unspecified atom stereocenters. The molecule has 0 saturated carbocycles. The first kappa shape index (κ1) is 13.8. The molecule has 0 bridgehead atoms. The Hall–Kier alpha value is -1.30. The summed E-state index contributed by atoms with van der Waals surface area (Å²) in [6.07, 6.45) is -4.29. The molecule has 0 aliphatic heterocycles. The lowest BCUT2D eigenvalue weighted by molar-refractivity contribution is -0.125. The van der Waals surface area contributed by atoms with E-state index in [0.717, 1.165) is 6.92 Å². The largest absolute Gasteiger partial charge is 0.400 e. The van der Waals surface area contributed by atoms with Crippen molar-refractivity contribution in [1.29, 1.82) is 0 Å². The second kappa shape index (κ2) is 5.35. The number of rotatable bonds is 3. The van der Waals surface area contributed by atoms with Crippen LogP contribution >= 0.6 is 11.8 Å². The quantitative estimate of drug-likeness (QED) is 0.880. The number of hydrogen-bond acceptors (Lipinski definition) is 3. The second-order valence-corrected chi connectivity index (χ2v) is 4.83. The van der Waals surface area contributed by atoms with Gasteiger partial charge in [0.05, 0.1) is 10.7 Å². The first-order chi connectivity index (χ1) is 7.82. The van der Waals surface area contributed by atoms with Crippen LogP contribution in [0.1, 0.15) is 12.5 Å². The van der Waals surface area contributed by atoms with Crippen LogP contribution in [0.2, 0.25) is 0 Å². The summed E-state index contributed by atoms with van der Waals surface area (Å²) in [7, 11) is 0. The van der Waals surface area contributed by atoms with Gasteiger partial charge in [0.25, 0.3) is 0 Å². The predicted octanol–water partition coefficient (Wildman–Crippen LogP) is 2.91. The highest BCUT2D eigenvalue weighted by atomic mass is 32.2. The van der Waals surface area contributed by atoms with E-state index in [1.165, 1.54) is 0 Å². The summed E-state index contributed by atoms with van der Waals surface area (Å²) in [5.41, 5.74) is 12.1. The van der Waals surface area contributed by atoms with Gasteiger partial charge in [0.15, 0.2) is 0 Å². The van der Waals surface area contributed by atoms with Crippen LogP contribution in [0.5, 0.6) is 0 Å². The smallest absolute Gasteiger partial charge is 0.396 e. The molecule has 2 nitrogen and oxygen atoms in total. The van der Waals surface area contributed by atoms with Crippen LogP contribution in [0.25, 0.3) is 5.70 Å². The maximum absolute atomic E-state index is 12.3. The third-order valence-corrected chi connectivity index (χ3v) is 3.21. The van der Waals surface area contributed by atoms with Gasteiger partial charge in [-0.1, -0.05) is 42.1 Å². The van der Waals surface area contributed by atoms with E-state index in [1.807, 2.05) is 0 Å². The molecule has 0 saturated heterocycles. The van der Waals surface area contributed by atoms with Crippen LogP contribution in [-0.2, 0) is 0 Å². The van der Waals surface area contributed by atoms with Crippen molar-refractivity contribution in [2.75, 3.05) is 0 Å². The third kappa shape index (κ3) is 3.89. The van der Waals surface area contributed by atoms with Crippen LogP contribution in [-0.4, -0.2) is 11.4 Å². The fourth-order valence-corrected chi connectivity index (χ4v) is 1.84.